The monoisotopic (exact) mass is 250 g/mol. The molecule has 0 aliphatic carbocycles. The van der Waals surface area contributed by atoms with Crippen LogP contribution in [0.1, 0.15) is 37.0 Å². The number of carbonyl (C=O) groups excluding carboxylic acids is 1. The van der Waals surface area contributed by atoms with E-state index in [0.29, 0.717) is 11.0 Å². The van der Waals surface area contributed by atoms with Gasteiger partial charge in [-0.15, -0.1) is 0 Å². The van der Waals surface area contributed by atoms with Crippen LogP contribution in [-0.2, 0) is 0 Å². The summed E-state index contributed by atoms with van der Waals surface area (Å²) in [5.41, 5.74) is 6.60. The molecular weight excluding hydrogens is 231 g/mol. The molecule has 1 aliphatic rings. The summed E-state index contributed by atoms with van der Waals surface area (Å²) in [6.07, 6.45) is 1.97. The molecule has 18 heavy (non-hydrogen) atoms. The van der Waals surface area contributed by atoms with Crippen molar-refractivity contribution < 1.29 is 9.18 Å². The number of amides is 1. The van der Waals surface area contributed by atoms with E-state index in [1.807, 2.05) is 0 Å². The van der Waals surface area contributed by atoms with Crippen molar-refractivity contribution in [3.05, 3.63) is 29.6 Å². The maximum atomic E-state index is 12.9. The highest BCUT2D eigenvalue weighted by Gasteiger charge is 2.28. The molecule has 0 unspecified atom stereocenters. The Morgan fingerprint density at radius 1 is 1.33 bits per heavy atom. The number of rotatable bonds is 1. The molecular formula is C14H19FN2O. The Kier molecular flexibility index (Phi) is 3.28. The van der Waals surface area contributed by atoms with Gasteiger partial charge in [-0.1, -0.05) is 13.8 Å². The molecule has 0 radical (unpaired) electrons. The molecule has 1 saturated heterocycles. The molecule has 1 fully saturated rings. The van der Waals surface area contributed by atoms with Crippen LogP contribution in [0, 0.1) is 11.2 Å². The summed E-state index contributed by atoms with van der Waals surface area (Å²) in [4.78, 5) is 14.1. The zero-order valence-corrected chi connectivity index (χ0v) is 10.9. The number of carbonyl (C=O) groups is 1. The fraction of sp³-hybridized carbons (Fsp3) is 0.500. The van der Waals surface area contributed by atoms with Crippen molar-refractivity contribution in [2.75, 3.05) is 18.8 Å². The van der Waals surface area contributed by atoms with Gasteiger partial charge in [0, 0.05) is 18.8 Å². The smallest absolute Gasteiger partial charge is 0.255 e. The molecule has 1 aromatic rings. The van der Waals surface area contributed by atoms with Gasteiger partial charge in [-0.05, 0) is 36.5 Å². The predicted molar refractivity (Wildman–Crippen MR) is 69.7 cm³/mol. The van der Waals surface area contributed by atoms with Crippen molar-refractivity contribution in [1.82, 2.24) is 4.90 Å². The summed E-state index contributed by atoms with van der Waals surface area (Å²) in [6, 6.07) is 3.94. The number of piperidine rings is 1. The van der Waals surface area contributed by atoms with Crippen LogP contribution in [0.5, 0.6) is 0 Å². The van der Waals surface area contributed by atoms with Crippen LogP contribution in [0.15, 0.2) is 18.2 Å². The topological polar surface area (TPSA) is 46.3 Å². The van der Waals surface area contributed by atoms with Gasteiger partial charge in [0.15, 0.2) is 0 Å². The van der Waals surface area contributed by atoms with Crippen molar-refractivity contribution >= 4 is 11.6 Å². The first-order chi connectivity index (χ1) is 8.39. The van der Waals surface area contributed by atoms with Crippen molar-refractivity contribution in [2.45, 2.75) is 26.7 Å². The van der Waals surface area contributed by atoms with Crippen molar-refractivity contribution in [1.29, 1.82) is 0 Å². The summed E-state index contributed by atoms with van der Waals surface area (Å²) in [7, 11) is 0. The largest absolute Gasteiger partial charge is 0.398 e. The van der Waals surface area contributed by atoms with E-state index in [1.165, 1.54) is 18.2 Å². The third-order valence-corrected chi connectivity index (χ3v) is 3.65. The van der Waals surface area contributed by atoms with Gasteiger partial charge in [0.1, 0.15) is 5.82 Å². The van der Waals surface area contributed by atoms with Gasteiger partial charge >= 0.3 is 0 Å². The van der Waals surface area contributed by atoms with E-state index in [2.05, 4.69) is 13.8 Å². The Bertz CT molecular complexity index is 461. The third-order valence-electron chi connectivity index (χ3n) is 3.65. The molecule has 3 nitrogen and oxygen atoms in total. The van der Waals surface area contributed by atoms with E-state index in [-0.39, 0.29) is 11.6 Å². The van der Waals surface area contributed by atoms with Crippen LogP contribution >= 0.6 is 0 Å². The van der Waals surface area contributed by atoms with Crippen molar-refractivity contribution in [3.63, 3.8) is 0 Å². The maximum absolute atomic E-state index is 12.9. The summed E-state index contributed by atoms with van der Waals surface area (Å²) in [6.45, 7) is 5.90. The first kappa shape index (κ1) is 12.9. The first-order valence-corrected chi connectivity index (χ1v) is 6.23. The van der Waals surface area contributed by atoms with Gasteiger partial charge in [0.25, 0.3) is 5.91 Å². The lowest BCUT2D eigenvalue weighted by Gasteiger charge is -2.37. The van der Waals surface area contributed by atoms with Crippen LogP contribution in [0.25, 0.3) is 0 Å². The second-order valence-electron chi connectivity index (χ2n) is 5.69. The third kappa shape index (κ3) is 2.63. The lowest BCUT2D eigenvalue weighted by atomic mass is 9.82. The fourth-order valence-corrected chi connectivity index (χ4v) is 2.21. The molecule has 2 rings (SSSR count). The maximum Gasteiger partial charge on any atom is 0.255 e. The predicted octanol–water partition coefficient (Wildman–Crippen LogP) is 2.67. The molecule has 2 N–H and O–H groups in total. The summed E-state index contributed by atoms with van der Waals surface area (Å²) < 4.78 is 12.9. The van der Waals surface area contributed by atoms with Crippen LogP contribution in [0.2, 0.25) is 0 Å². The van der Waals surface area contributed by atoms with Crippen LogP contribution < -0.4 is 5.73 Å². The van der Waals surface area contributed by atoms with Crippen molar-refractivity contribution in [3.8, 4) is 0 Å². The molecule has 1 amide bonds. The number of nitrogen functional groups attached to an aromatic ring is 1. The molecule has 0 spiro atoms. The number of likely N-dealkylation sites (tertiary alicyclic amines) is 1. The van der Waals surface area contributed by atoms with E-state index < -0.39 is 5.82 Å². The van der Waals surface area contributed by atoms with Gasteiger partial charge in [-0.2, -0.15) is 0 Å². The Morgan fingerprint density at radius 2 is 1.94 bits per heavy atom. The first-order valence-electron chi connectivity index (χ1n) is 6.23. The van der Waals surface area contributed by atoms with E-state index in [1.54, 1.807) is 4.90 Å². The summed E-state index contributed by atoms with van der Waals surface area (Å²) in [5, 5.41) is 0. The molecule has 1 aliphatic heterocycles. The number of anilines is 1. The number of hydrogen-bond donors (Lipinski definition) is 1. The average Bonchev–Trinajstić information content (AvgIpc) is 2.28. The molecule has 1 heterocycles. The molecule has 98 valence electrons. The minimum Gasteiger partial charge on any atom is -0.398 e. The van der Waals surface area contributed by atoms with Gasteiger partial charge in [-0.25, -0.2) is 4.39 Å². The summed E-state index contributed by atoms with van der Waals surface area (Å²) >= 11 is 0. The summed E-state index contributed by atoms with van der Waals surface area (Å²) in [5.74, 6) is -0.508. The minimum atomic E-state index is -0.413. The lowest BCUT2D eigenvalue weighted by Crippen LogP contribution is -2.41. The standard InChI is InChI=1S/C14H19FN2O/c1-14(2)5-7-17(8-6-14)13(18)11-4-3-10(15)9-12(11)16/h3-4,9H,5-8,16H2,1-2H3. The van der Waals surface area contributed by atoms with Crippen LogP contribution in [0.3, 0.4) is 0 Å². The Hall–Kier alpha value is -1.58. The molecule has 0 saturated carbocycles. The number of nitrogens with zero attached hydrogens (tertiary/aromatic N) is 1. The number of nitrogens with two attached hydrogens (primary N) is 1. The van der Waals surface area contributed by atoms with E-state index >= 15 is 0 Å². The SMILES string of the molecule is CC1(C)CCN(C(=O)c2ccc(F)cc2N)CC1. The Morgan fingerprint density at radius 3 is 2.50 bits per heavy atom. The highest BCUT2D eigenvalue weighted by atomic mass is 19.1. The van der Waals surface area contributed by atoms with Gasteiger partial charge in [0.05, 0.1) is 5.56 Å². The van der Waals surface area contributed by atoms with Crippen LogP contribution in [-0.4, -0.2) is 23.9 Å². The number of benzene rings is 1. The highest BCUT2D eigenvalue weighted by molar-refractivity contribution is 5.99. The molecule has 0 aromatic heterocycles. The normalized spacial score (nSPS) is 18.7. The second kappa shape index (κ2) is 4.59. The Balaban J connectivity index is 2.13. The lowest BCUT2D eigenvalue weighted by molar-refractivity contribution is 0.0631. The zero-order valence-electron chi connectivity index (χ0n) is 10.9. The van der Waals surface area contributed by atoms with Crippen LogP contribution in [0.4, 0.5) is 10.1 Å². The average molecular weight is 250 g/mol. The quantitative estimate of drug-likeness (QED) is 0.779. The number of hydrogen-bond acceptors (Lipinski definition) is 2. The highest BCUT2D eigenvalue weighted by Crippen LogP contribution is 2.30. The van der Waals surface area contributed by atoms with Crippen molar-refractivity contribution in [2.24, 2.45) is 5.41 Å². The second-order valence-corrected chi connectivity index (χ2v) is 5.69. The van der Waals surface area contributed by atoms with E-state index in [4.69, 9.17) is 5.73 Å². The van der Waals surface area contributed by atoms with E-state index in [0.717, 1.165) is 25.9 Å². The van der Waals surface area contributed by atoms with Gasteiger partial charge in [0.2, 0.25) is 0 Å². The van der Waals surface area contributed by atoms with E-state index in [9.17, 15) is 9.18 Å². The minimum absolute atomic E-state index is 0.0944. The van der Waals surface area contributed by atoms with Gasteiger partial charge in [-0.3, -0.25) is 4.79 Å². The molecule has 0 bridgehead atoms. The molecule has 0 atom stereocenters. The molecule has 1 aromatic carbocycles. The fourth-order valence-electron chi connectivity index (χ4n) is 2.21. The molecule has 4 heteroatoms. The Labute approximate surface area is 107 Å². The zero-order chi connectivity index (χ0) is 13.3. The number of halogens is 1. The van der Waals surface area contributed by atoms with Gasteiger partial charge < -0.3 is 10.6 Å².